The maximum absolute atomic E-state index is 12.5. The molecule has 1 aliphatic heterocycles. The maximum Gasteiger partial charge on any atom is 0.303 e. The SMILES string of the molecule is CCC1CN(C(=O)CCC(=O)O)CCC(=O)N1Cc1ccccc1. The third-order valence-corrected chi connectivity index (χ3v) is 4.36. The van der Waals surface area contributed by atoms with Crippen molar-refractivity contribution in [2.45, 2.75) is 45.2 Å². The van der Waals surface area contributed by atoms with Crippen molar-refractivity contribution in [3.05, 3.63) is 35.9 Å². The van der Waals surface area contributed by atoms with Crippen LogP contribution < -0.4 is 0 Å². The van der Waals surface area contributed by atoms with Crippen molar-refractivity contribution in [2.24, 2.45) is 0 Å². The van der Waals surface area contributed by atoms with Crippen molar-refractivity contribution in [1.29, 1.82) is 0 Å². The number of rotatable bonds is 6. The first-order valence-electron chi connectivity index (χ1n) is 8.34. The fraction of sp³-hybridized carbons (Fsp3) is 0.500. The minimum atomic E-state index is -0.980. The number of carbonyl (C=O) groups excluding carboxylic acids is 2. The van der Waals surface area contributed by atoms with Gasteiger partial charge < -0.3 is 14.9 Å². The number of aliphatic carboxylic acids is 1. The van der Waals surface area contributed by atoms with Crippen molar-refractivity contribution in [1.82, 2.24) is 9.80 Å². The smallest absolute Gasteiger partial charge is 0.303 e. The second kappa shape index (κ2) is 8.47. The number of carboxylic acids is 1. The summed E-state index contributed by atoms with van der Waals surface area (Å²) in [6.07, 6.45) is 0.843. The Balaban J connectivity index is 2.07. The van der Waals surface area contributed by atoms with Crippen molar-refractivity contribution < 1.29 is 19.5 Å². The monoisotopic (exact) mass is 332 g/mol. The third kappa shape index (κ3) is 4.81. The lowest BCUT2D eigenvalue weighted by Gasteiger charge is -2.31. The van der Waals surface area contributed by atoms with Gasteiger partial charge in [-0.1, -0.05) is 37.3 Å². The molecule has 1 unspecified atom stereocenters. The van der Waals surface area contributed by atoms with Crippen LogP contribution in [-0.2, 0) is 20.9 Å². The van der Waals surface area contributed by atoms with Gasteiger partial charge in [0, 0.05) is 38.5 Å². The van der Waals surface area contributed by atoms with Crippen molar-refractivity contribution in [3.8, 4) is 0 Å². The molecule has 1 aliphatic rings. The number of hydrogen-bond donors (Lipinski definition) is 1. The third-order valence-electron chi connectivity index (χ3n) is 4.36. The first kappa shape index (κ1) is 18.0. The van der Waals surface area contributed by atoms with Crippen LogP contribution in [0, 0.1) is 0 Å². The van der Waals surface area contributed by atoms with Gasteiger partial charge in [-0.3, -0.25) is 14.4 Å². The number of nitrogens with zero attached hydrogens (tertiary/aromatic N) is 2. The predicted molar refractivity (Wildman–Crippen MR) is 89.1 cm³/mol. The summed E-state index contributed by atoms with van der Waals surface area (Å²) < 4.78 is 0. The van der Waals surface area contributed by atoms with Gasteiger partial charge in [-0.05, 0) is 12.0 Å². The molecule has 2 rings (SSSR count). The Bertz CT molecular complexity index is 588. The number of benzene rings is 1. The fourth-order valence-corrected chi connectivity index (χ4v) is 2.97. The quantitative estimate of drug-likeness (QED) is 0.863. The highest BCUT2D eigenvalue weighted by Gasteiger charge is 2.30. The molecule has 0 aliphatic carbocycles. The van der Waals surface area contributed by atoms with E-state index in [1.54, 1.807) is 4.90 Å². The molecule has 2 amide bonds. The summed E-state index contributed by atoms with van der Waals surface area (Å²) in [6.45, 7) is 3.36. The van der Waals surface area contributed by atoms with Crippen LogP contribution in [0.4, 0.5) is 0 Å². The van der Waals surface area contributed by atoms with Crippen LogP contribution in [0.3, 0.4) is 0 Å². The van der Waals surface area contributed by atoms with Crippen LogP contribution in [0.5, 0.6) is 0 Å². The summed E-state index contributed by atoms with van der Waals surface area (Å²) in [6, 6.07) is 9.75. The van der Waals surface area contributed by atoms with Crippen molar-refractivity contribution in [3.63, 3.8) is 0 Å². The van der Waals surface area contributed by atoms with Gasteiger partial charge in [-0.15, -0.1) is 0 Å². The van der Waals surface area contributed by atoms with Gasteiger partial charge in [-0.2, -0.15) is 0 Å². The molecular weight excluding hydrogens is 308 g/mol. The zero-order valence-corrected chi connectivity index (χ0v) is 14.0. The molecule has 1 fully saturated rings. The average Bonchev–Trinajstić information content (AvgIpc) is 2.73. The second-order valence-electron chi connectivity index (χ2n) is 6.05. The van der Waals surface area contributed by atoms with E-state index >= 15 is 0 Å². The molecule has 130 valence electrons. The molecule has 0 saturated carbocycles. The van der Waals surface area contributed by atoms with Crippen LogP contribution in [0.2, 0.25) is 0 Å². The Kier molecular flexibility index (Phi) is 6.35. The van der Waals surface area contributed by atoms with E-state index in [4.69, 9.17) is 5.11 Å². The number of amides is 2. The molecule has 6 nitrogen and oxygen atoms in total. The molecular formula is C18H24N2O4. The van der Waals surface area contributed by atoms with Crippen LogP contribution in [-0.4, -0.2) is 51.8 Å². The average molecular weight is 332 g/mol. The van der Waals surface area contributed by atoms with E-state index in [2.05, 4.69) is 0 Å². The lowest BCUT2D eigenvalue weighted by molar-refractivity contribution is -0.141. The highest BCUT2D eigenvalue weighted by Crippen LogP contribution is 2.18. The van der Waals surface area contributed by atoms with Crippen molar-refractivity contribution in [2.75, 3.05) is 13.1 Å². The largest absolute Gasteiger partial charge is 0.481 e. The minimum Gasteiger partial charge on any atom is -0.481 e. The van der Waals surface area contributed by atoms with Gasteiger partial charge in [0.25, 0.3) is 0 Å². The van der Waals surface area contributed by atoms with E-state index in [0.29, 0.717) is 19.6 Å². The van der Waals surface area contributed by atoms with Crippen LogP contribution in [0.1, 0.15) is 38.2 Å². The summed E-state index contributed by atoms with van der Waals surface area (Å²) in [5.74, 6) is -1.13. The second-order valence-corrected chi connectivity index (χ2v) is 6.05. The minimum absolute atomic E-state index is 0.0152. The number of carbonyl (C=O) groups is 3. The standard InChI is InChI=1S/C18H24N2O4/c1-2-15-13-19(16(21)8-9-18(23)24)11-10-17(22)20(15)12-14-6-4-3-5-7-14/h3-7,15H,2,8-13H2,1H3,(H,23,24). The number of hydrogen-bond acceptors (Lipinski definition) is 3. The van der Waals surface area contributed by atoms with Gasteiger partial charge in [0.1, 0.15) is 0 Å². The molecule has 0 spiro atoms. The first-order valence-corrected chi connectivity index (χ1v) is 8.34. The van der Waals surface area contributed by atoms with Crippen LogP contribution in [0.15, 0.2) is 30.3 Å². The van der Waals surface area contributed by atoms with Crippen LogP contribution in [0.25, 0.3) is 0 Å². The Morgan fingerprint density at radius 1 is 1.21 bits per heavy atom. The number of carboxylic acid groups (broad SMARTS) is 1. The highest BCUT2D eigenvalue weighted by atomic mass is 16.4. The Hall–Kier alpha value is -2.37. The highest BCUT2D eigenvalue weighted by molar-refractivity contribution is 5.82. The maximum atomic E-state index is 12.5. The lowest BCUT2D eigenvalue weighted by atomic mass is 10.1. The molecule has 1 saturated heterocycles. The summed E-state index contributed by atoms with van der Waals surface area (Å²) in [7, 11) is 0. The summed E-state index contributed by atoms with van der Waals surface area (Å²) in [5, 5.41) is 8.73. The molecule has 1 aromatic carbocycles. The van der Waals surface area contributed by atoms with Gasteiger partial charge in [-0.25, -0.2) is 0 Å². The van der Waals surface area contributed by atoms with E-state index in [1.165, 1.54) is 0 Å². The lowest BCUT2D eigenvalue weighted by Crippen LogP contribution is -2.43. The Morgan fingerprint density at radius 3 is 2.54 bits per heavy atom. The molecule has 24 heavy (non-hydrogen) atoms. The molecule has 1 atom stereocenters. The molecule has 1 aromatic rings. The normalized spacial score (nSPS) is 18.4. The molecule has 1 N–H and O–H groups in total. The van der Waals surface area contributed by atoms with E-state index in [1.807, 2.05) is 42.2 Å². The molecule has 0 bridgehead atoms. The zero-order chi connectivity index (χ0) is 17.5. The molecule has 1 heterocycles. The molecule has 6 heteroatoms. The summed E-state index contributed by atoms with van der Waals surface area (Å²) >= 11 is 0. The fourth-order valence-electron chi connectivity index (χ4n) is 2.97. The Labute approximate surface area is 142 Å². The first-order chi connectivity index (χ1) is 11.5. The van der Waals surface area contributed by atoms with E-state index in [-0.39, 0.29) is 37.1 Å². The summed E-state index contributed by atoms with van der Waals surface area (Å²) in [4.78, 5) is 38.9. The van der Waals surface area contributed by atoms with Gasteiger partial charge in [0.05, 0.1) is 6.42 Å². The van der Waals surface area contributed by atoms with Gasteiger partial charge in [0.15, 0.2) is 0 Å². The predicted octanol–water partition coefficient (Wildman–Crippen LogP) is 1.89. The zero-order valence-electron chi connectivity index (χ0n) is 14.0. The Morgan fingerprint density at radius 2 is 1.92 bits per heavy atom. The van der Waals surface area contributed by atoms with E-state index in [9.17, 15) is 14.4 Å². The topological polar surface area (TPSA) is 77.9 Å². The van der Waals surface area contributed by atoms with E-state index < -0.39 is 5.97 Å². The van der Waals surface area contributed by atoms with E-state index in [0.717, 1.165) is 12.0 Å². The van der Waals surface area contributed by atoms with Crippen LogP contribution >= 0.6 is 0 Å². The summed E-state index contributed by atoms with van der Waals surface area (Å²) in [5.41, 5.74) is 1.06. The van der Waals surface area contributed by atoms with Gasteiger partial charge >= 0.3 is 5.97 Å². The van der Waals surface area contributed by atoms with Crippen molar-refractivity contribution >= 4 is 17.8 Å². The molecule has 0 aromatic heterocycles. The molecule has 0 radical (unpaired) electrons. The van der Waals surface area contributed by atoms with Gasteiger partial charge in [0.2, 0.25) is 11.8 Å².